The molecule has 17 heavy (non-hydrogen) atoms. The Labute approximate surface area is 99.7 Å². The van der Waals surface area contributed by atoms with Crippen LogP contribution in [0, 0.1) is 0 Å². The van der Waals surface area contributed by atoms with E-state index >= 15 is 0 Å². The van der Waals surface area contributed by atoms with Gasteiger partial charge in [0.25, 0.3) is 0 Å². The van der Waals surface area contributed by atoms with Gasteiger partial charge >= 0.3 is 5.97 Å². The minimum absolute atomic E-state index is 0.0798. The summed E-state index contributed by atoms with van der Waals surface area (Å²) >= 11 is 0. The van der Waals surface area contributed by atoms with E-state index in [0.717, 1.165) is 0 Å². The van der Waals surface area contributed by atoms with Crippen molar-refractivity contribution in [1.29, 1.82) is 0 Å². The van der Waals surface area contributed by atoms with Crippen LogP contribution < -0.4 is 5.32 Å². The molecule has 1 atom stereocenters. The summed E-state index contributed by atoms with van der Waals surface area (Å²) in [6.45, 7) is 4.28. The fraction of sp³-hybridized carbons (Fsp3) is 0.545. The molecule has 6 heteroatoms. The van der Waals surface area contributed by atoms with E-state index in [-0.39, 0.29) is 5.56 Å². The van der Waals surface area contributed by atoms with E-state index in [1.165, 1.54) is 12.5 Å². The van der Waals surface area contributed by atoms with Crippen LogP contribution in [0.1, 0.15) is 36.3 Å². The first-order valence-corrected chi connectivity index (χ1v) is 5.41. The molecule has 0 amide bonds. The third kappa shape index (κ3) is 4.08. The maximum Gasteiger partial charge on any atom is 0.339 e. The Hall–Kier alpha value is -1.53. The third-order valence-corrected chi connectivity index (χ3v) is 2.59. The van der Waals surface area contributed by atoms with E-state index in [1.54, 1.807) is 6.92 Å². The molecule has 0 aliphatic carbocycles. The summed E-state index contributed by atoms with van der Waals surface area (Å²) in [6.07, 6.45) is 3.20. The normalized spacial score (nSPS) is 14.3. The Morgan fingerprint density at radius 2 is 2.29 bits per heavy atom. The van der Waals surface area contributed by atoms with Gasteiger partial charge in [-0.25, -0.2) is 14.8 Å². The predicted octanol–water partition coefficient (Wildman–Crippen LogP) is 0.425. The summed E-state index contributed by atoms with van der Waals surface area (Å²) in [4.78, 5) is 18.5. The van der Waals surface area contributed by atoms with Crippen molar-refractivity contribution in [1.82, 2.24) is 15.3 Å². The van der Waals surface area contributed by atoms with Gasteiger partial charge in [-0.2, -0.15) is 0 Å². The van der Waals surface area contributed by atoms with Gasteiger partial charge in [0, 0.05) is 19.3 Å². The van der Waals surface area contributed by atoms with Gasteiger partial charge in [-0.05, 0) is 13.3 Å². The van der Waals surface area contributed by atoms with Crippen LogP contribution in [0.25, 0.3) is 0 Å². The van der Waals surface area contributed by atoms with Gasteiger partial charge in [-0.1, -0.05) is 6.92 Å². The molecule has 1 aromatic heterocycles. The molecule has 3 N–H and O–H groups in total. The van der Waals surface area contributed by atoms with E-state index in [4.69, 9.17) is 5.11 Å². The van der Waals surface area contributed by atoms with Gasteiger partial charge in [0.1, 0.15) is 11.9 Å². The van der Waals surface area contributed by atoms with Gasteiger partial charge in [0.05, 0.1) is 11.3 Å². The summed E-state index contributed by atoms with van der Waals surface area (Å²) in [5.41, 5.74) is -0.299. The molecule has 0 aliphatic rings. The summed E-state index contributed by atoms with van der Waals surface area (Å²) in [7, 11) is 0. The average Bonchev–Trinajstić information content (AvgIpc) is 2.29. The van der Waals surface area contributed by atoms with Crippen LogP contribution in [0.15, 0.2) is 12.5 Å². The first-order chi connectivity index (χ1) is 7.96. The smallest absolute Gasteiger partial charge is 0.339 e. The molecule has 6 nitrogen and oxygen atoms in total. The molecular formula is C11H17N3O3. The molecule has 0 saturated carbocycles. The summed E-state index contributed by atoms with van der Waals surface area (Å²) in [6, 6.07) is 0. The standard InChI is InChI=1S/C11H17N3O3/c1-3-11(2,17)6-12-5-9-8(10(15)16)4-13-7-14-9/h4,7,12,17H,3,5-6H2,1-2H3,(H,15,16). The molecule has 1 rings (SSSR count). The van der Waals surface area contributed by atoms with E-state index in [2.05, 4.69) is 15.3 Å². The Bertz CT molecular complexity index is 393. The molecule has 1 aromatic rings. The van der Waals surface area contributed by atoms with E-state index in [0.29, 0.717) is 25.2 Å². The molecule has 1 unspecified atom stereocenters. The topological polar surface area (TPSA) is 95.3 Å². The van der Waals surface area contributed by atoms with Crippen molar-refractivity contribution in [2.75, 3.05) is 6.54 Å². The quantitative estimate of drug-likeness (QED) is 0.666. The lowest BCUT2D eigenvalue weighted by Crippen LogP contribution is -2.37. The van der Waals surface area contributed by atoms with Gasteiger partial charge in [-0.15, -0.1) is 0 Å². The molecule has 0 spiro atoms. The highest BCUT2D eigenvalue weighted by atomic mass is 16.4. The molecule has 1 heterocycles. The summed E-state index contributed by atoms with van der Waals surface area (Å²) in [5.74, 6) is -1.05. The van der Waals surface area contributed by atoms with E-state index < -0.39 is 11.6 Å². The zero-order valence-corrected chi connectivity index (χ0v) is 9.97. The van der Waals surface area contributed by atoms with E-state index in [1.807, 2.05) is 6.92 Å². The van der Waals surface area contributed by atoms with Crippen LogP contribution in [-0.2, 0) is 6.54 Å². The van der Waals surface area contributed by atoms with Crippen LogP contribution in [0.2, 0.25) is 0 Å². The van der Waals surface area contributed by atoms with Gasteiger partial charge < -0.3 is 15.5 Å². The zero-order chi connectivity index (χ0) is 12.9. The fourth-order valence-corrected chi connectivity index (χ4v) is 1.25. The molecule has 0 bridgehead atoms. The van der Waals surface area contributed by atoms with Crippen LogP contribution in [0.5, 0.6) is 0 Å². The summed E-state index contributed by atoms with van der Waals surface area (Å²) < 4.78 is 0. The number of hydrogen-bond acceptors (Lipinski definition) is 5. The largest absolute Gasteiger partial charge is 0.478 e. The third-order valence-electron chi connectivity index (χ3n) is 2.59. The lowest BCUT2D eigenvalue weighted by Gasteiger charge is -2.21. The number of hydrogen-bond donors (Lipinski definition) is 3. The number of aromatic nitrogens is 2. The molecule has 94 valence electrons. The average molecular weight is 239 g/mol. The number of nitrogens with zero attached hydrogens (tertiary/aromatic N) is 2. The number of nitrogens with one attached hydrogen (secondary N) is 1. The van der Waals surface area contributed by atoms with E-state index in [9.17, 15) is 9.90 Å². The number of carboxylic acid groups (broad SMARTS) is 1. The molecule has 0 saturated heterocycles. The van der Waals surface area contributed by atoms with Gasteiger partial charge in [0.2, 0.25) is 0 Å². The molecule has 0 radical (unpaired) electrons. The summed E-state index contributed by atoms with van der Waals surface area (Å²) in [5, 5.41) is 21.7. The van der Waals surface area contributed by atoms with Gasteiger partial charge in [-0.3, -0.25) is 0 Å². The highest BCUT2D eigenvalue weighted by Crippen LogP contribution is 2.07. The molecular weight excluding hydrogens is 222 g/mol. The maximum atomic E-state index is 10.9. The SMILES string of the molecule is CCC(C)(O)CNCc1ncncc1C(=O)O. The molecule has 0 aromatic carbocycles. The second-order valence-electron chi connectivity index (χ2n) is 4.14. The first kappa shape index (κ1) is 13.5. The molecule has 0 aliphatic heterocycles. The lowest BCUT2D eigenvalue weighted by atomic mass is 10.0. The predicted molar refractivity (Wildman–Crippen MR) is 61.6 cm³/mol. The number of carbonyl (C=O) groups is 1. The fourth-order valence-electron chi connectivity index (χ4n) is 1.25. The van der Waals surface area contributed by atoms with Crippen LogP contribution in [0.4, 0.5) is 0 Å². The number of rotatable bonds is 6. The Kier molecular flexibility index (Phi) is 4.53. The van der Waals surface area contributed by atoms with Crippen LogP contribution in [0.3, 0.4) is 0 Å². The molecule has 0 fully saturated rings. The highest BCUT2D eigenvalue weighted by Gasteiger charge is 2.17. The Morgan fingerprint density at radius 1 is 1.59 bits per heavy atom. The second-order valence-corrected chi connectivity index (χ2v) is 4.14. The highest BCUT2D eigenvalue weighted by molar-refractivity contribution is 5.88. The minimum Gasteiger partial charge on any atom is -0.478 e. The van der Waals surface area contributed by atoms with Crippen LogP contribution >= 0.6 is 0 Å². The Balaban J connectivity index is 2.61. The number of aliphatic hydroxyl groups is 1. The minimum atomic E-state index is -1.05. The van der Waals surface area contributed by atoms with Crippen molar-refractivity contribution in [2.45, 2.75) is 32.4 Å². The van der Waals surface area contributed by atoms with Crippen molar-refractivity contribution in [3.63, 3.8) is 0 Å². The lowest BCUT2D eigenvalue weighted by molar-refractivity contribution is 0.0554. The van der Waals surface area contributed by atoms with Gasteiger partial charge in [0.15, 0.2) is 0 Å². The second kappa shape index (κ2) is 5.70. The number of aromatic carboxylic acids is 1. The van der Waals surface area contributed by atoms with Crippen molar-refractivity contribution in [3.05, 3.63) is 23.8 Å². The van der Waals surface area contributed by atoms with Crippen molar-refractivity contribution >= 4 is 5.97 Å². The Morgan fingerprint density at radius 3 is 2.88 bits per heavy atom. The van der Waals surface area contributed by atoms with Crippen molar-refractivity contribution in [2.24, 2.45) is 0 Å². The zero-order valence-electron chi connectivity index (χ0n) is 9.97. The van der Waals surface area contributed by atoms with Crippen molar-refractivity contribution < 1.29 is 15.0 Å². The van der Waals surface area contributed by atoms with Crippen LogP contribution in [-0.4, -0.2) is 38.3 Å². The maximum absolute atomic E-state index is 10.9. The number of carboxylic acids is 1. The first-order valence-electron chi connectivity index (χ1n) is 5.41. The monoisotopic (exact) mass is 239 g/mol. The van der Waals surface area contributed by atoms with Crippen molar-refractivity contribution in [3.8, 4) is 0 Å².